The molecule has 0 aliphatic carbocycles. The first-order valence-electron chi connectivity index (χ1n) is 8.84. The van der Waals surface area contributed by atoms with Gasteiger partial charge in [0, 0.05) is 6.07 Å². The van der Waals surface area contributed by atoms with Crippen LogP contribution in [0.4, 0.5) is 0 Å². The van der Waals surface area contributed by atoms with Crippen LogP contribution in [0.15, 0.2) is 47.6 Å². The molecule has 0 fully saturated rings. The monoisotopic (exact) mass is 402 g/mol. The molecular formula is C19H24N5O3S+. The minimum absolute atomic E-state index is 0.659. The summed E-state index contributed by atoms with van der Waals surface area (Å²) in [6.07, 6.45) is 0. The highest BCUT2D eigenvalue weighted by molar-refractivity contribution is 7.99. The Morgan fingerprint density at radius 2 is 1.68 bits per heavy atom. The quantitative estimate of drug-likeness (QED) is 0.407. The highest BCUT2D eigenvalue weighted by atomic mass is 32.2. The zero-order valence-corrected chi connectivity index (χ0v) is 17.0. The topological polar surface area (TPSA) is 87.9 Å². The predicted octanol–water partition coefficient (Wildman–Crippen LogP) is 1.54. The number of para-hydroxylation sites is 1. The lowest BCUT2D eigenvalue weighted by Crippen LogP contribution is -2.83. The third-order valence-electron chi connectivity index (χ3n) is 4.15. The van der Waals surface area contributed by atoms with E-state index in [1.807, 2.05) is 42.5 Å². The first-order valence-corrected chi connectivity index (χ1v) is 9.82. The summed E-state index contributed by atoms with van der Waals surface area (Å²) in [5, 5.41) is 15.0. The van der Waals surface area contributed by atoms with Gasteiger partial charge in [-0.3, -0.25) is 0 Å². The summed E-state index contributed by atoms with van der Waals surface area (Å²) in [4.78, 5) is 0. The molecule has 0 unspecified atom stereocenters. The first-order chi connectivity index (χ1) is 13.8. The van der Waals surface area contributed by atoms with Crippen molar-refractivity contribution in [1.29, 1.82) is 0 Å². The minimum Gasteiger partial charge on any atom is -0.496 e. The zero-order valence-electron chi connectivity index (χ0n) is 16.2. The van der Waals surface area contributed by atoms with Crippen molar-refractivity contribution >= 4 is 11.8 Å². The Labute approximate surface area is 168 Å². The Bertz CT molecular complexity index is 889. The molecule has 148 valence electrons. The number of benzene rings is 2. The van der Waals surface area contributed by atoms with Crippen LogP contribution in [0.3, 0.4) is 0 Å². The van der Waals surface area contributed by atoms with Gasteiger partial charge in [0.1, 0.15) is 12.3 Å². The summed E-state index contributed by atoms with van der Waals surface area (Å²) in [6.45, 7) is 1.68. The van der Waals surface area contributed by atoms with E-state index in [0.717, 1.165) is 41.0 Å². The van der Waals surface area contributed by atoms with E-state index in [4.69, 9.17) is 14.2 Å². The van der Waals surface area contributed by atoms with Crippen molar-refractivity contribution in [3.8, 4) is 22.9 Å². The van der Waals surface area contributed by atoms with Gasteiger partial charge in [-0.1, -0.05) is 30.0 Å². The number of hydrogen-bond acceptors (Lipinski definition) is 7. The Morgan fingerprint density at radius 1 is 0.964 bits per heavy atom. The molecule has 0 saturated carbocycles. The van der Waals surface area contributed by atoms with Crippen LogP contribution < -0.4 is 19.5 Å². The summed E-state index contributed by atoms with van der Waals surface area (Å²) in [6, 6.07) is 13.7. The average Bonchev–Trinajstić information content (AvgIpc) is 3.22. The Morgan fingerprint density at radius 3 is 2.39 bits per heavy atom. The van der Waals surface area contributed by atoms with Gasteiger partial charge in [0.2, 0.25) is 5.16 Å². The Kier molecular flexibility index (Phi) is 7.10. The van der Waals surface area contributed by atoms with E-state index in [0.29, 0.717) is 11.5 Å². The van der Waals surface area contributed by atoms with Crippen molar-refractivity contribution in [2.75, 3.05) is 33.6 Å². The van der Waals surface area contributed by atoms with E-state index in [2.05, 4.69) is 20.8 Å². The minimum atomic E-state index is 0.659. The van der Waals surface area contributed by atoms with Crippen molar-refractivity contribution < 1.29 is 19.5 Å². The normalized spacial score (nSPS) is 10.7. The number of hydrogen-bond donors (Lipinski definition) is 1. The molecule has 2 N–H and O–H groups in total. The van der Waals surface area contributed by atoms with Crippen LogP contribution in [-0.2, 0) is 6.54 Å². The van der Waals surface area contributed by atoms with Crippen molar-refractivity contribution in [3.63, 3.8) is 0 Å². The summed E-state index contributed by atoms with van der Waals surface area (Å²) in [5.41, 5.74) is 2.01. The second-order valence-corrected chi connectivity index (χ2v) is 6.92. The number of thioether (sulfide) groups is 1. The van der Waals surface area contributed by atoms with Crippen molar-refractivity contribution in [2.24, 2.45) is 0 Å². The molecule has 0 aliphatic rings. The molecule has 2 aromatic carbocycles. The fraction of sp³-hybridized carbons (Fsp3) is 0.316. The number of ether oxygens (including phenoxy) is 3. The maximum Gasteiger partial charge on any atom is 0.214 e. The fourth-order valence-electron chi connectivity index (χ4n) is 2.74. The molecule has 0 saturated heterocycles. The molecule has 0 bridgehead atoms. The number of tetrazole rings is 1. The van der Waals surface area contributed by atoms with Crippen molar-refractivity contribution in [1.82, 2.24) is 20.2 Å². The third-order valence-corrected chi connectivity index (χ3v) is 5.10. The summed E-state index contributed by atoms with van der Waals surface area (Å²) in [7, 11) is 4.90. The maximum atomic E-state index is 5.48. The first kappa shape index (κ1) is 20.0. The summed E-state index contributed by atoms with van der Waals surface area (Å²) in [5.74, 6) is 3.02. The van der Waals surface area contributed by atoms with Crippen LogP contribution in [0, 0.1) is 0 Å². The molecule has 0 spiro atoms. The van der Waals surface area contributed by atoms with E-state index < -0.39 is 0 Å². The molecular weight excluding hydrogens is 378 g/mol. The fourth-order valence-corrected chi connectivity index (χ4v) is 3.57. The molecule has 9 heteroatoms. The van der Waals surface area contributed by atoms with Gasteiger partial charge < -0.3 is 19.5 Å². The lowest BCUT2D eigenvalue weighted by molar-refractivity contribution is -0.666. The molecule has 1 aromatic heterocycles. The van der Waals surface area contributed by atoms with Crippen LogP contribution >= 0.6 is 11.8 Å². The predicted molar refractivity (Wildman–Crippen MR) is 106 cm³/mol. The molecule has 0 atom stereocenters. The lowest BCUT2D eigenvalue weighted by atomic mass is 10.1. The smallest absolute Gasteiger partial charge is 0.214 e. The average molecular weight is 403 g/mol. The van der Waals surface area contributed by atoms with Crippen LogP contribution in [0.5, 0.6) is 17.2 Å². The zero-order chi connectivity index (χ0) is 19.8. The molecule has 3 aromatic rings. The van der Waals surface area contributed by atoms with Crippen LogP contribution in [0.25, 0.3) is 5.69 Å². The van der Waals surface area contributed by atoms with Gasteiger partial charge >= 0.3 is 0 Å². The van der Waals surface area contributed by atoms with E-state index in [9.17, 15) is 0 Å². The molecule has 3 rings (SSSR count). The standard InChI is InChI=1S/C19H23N5O3S/c1-25-16-12-18(27-3)17(26-2)11-14(16)13-20-9-10-28-19-21-22-23-24(19)15-7-5-4-6-8-15/h4-8,11-12,20H,9-10,13H2,1-3H3/p+1. The SMILES string of the molecule is COc1cc(OC)c(OC)cc1C[NH2+]CCSc1nnnn1-c1ccccc1. The van der Waals surface area contributed by atoms with Crippen LogP contribution in [0.1, 0.15) is 5.56 Å². The lowest BCUT2D eigenvalue weighted by Gasteiger charge is -2.13. The summed E-state index contributed by atoms with van der Waals surface area (Å²) < 4.78 is 17.9. The summed E-state index contributed by atoms with van der Waals surface area (Å²) >= 11 is 1.63. The number of nitrogens with two attached hydrogens (primary N) is 1. The molecule has 0 aliphatic heterocycles. The number of nitrogens with zero attached hydrogens (tertiary/aromatic N) is 4. The van der Waals surface area contributed by atoms with E-state index in [1.54, 1.807) is 37.8 Å². The highest BCUT2D eigenvalue weighted by Gasteiger charge is 2.13. The molecule has 8 nitrogen and oxygen atoms in total. The van der Waals surface area contributed by atoms with Gasteiger partial charge in [-0.05, 0) is 28.6 Å². The number of aromatic nitrogens is 4. The van der Waals surface area contributed by atoms with E-state index >= 15 is 0 Å². The highest BCUT2D eigenvalue weighted by Crippen LogP contribution is 2.34. The number of methoxy groups -OCH3 is 3. The van der Waals surface area contributed by atoms with Gasteiger partial charge in [0.15, 0.2) is 11.5 Å². The van der Waals surface area contributed by atoms with Gasteiger partial charge in [-0.2, -0.15) is 4.68 Å². The molecule has 1 heterocycles. The van der Waals surface area contributed by atoms with Gasteiger partial charge in [-0.25, -0.2) is 0 Å². The van der Waals surface area contributed by atoms with Crippen LogP contribution in [-0.4, -0.2) is 53.8 Å². The maximum absolute atomic E-state index is 5.48. The van der Waals surface area contributed by atoms with Gasteiger partial charge in [0.25, 0.3) is 0 Å². The Hall–Kier alpha value is -2.78. The van der Waals surface area contributed by atoms with E-state index in [-0.39, 0.29) is 0 Å². The van der Waals surface area contributed by atoms with Gasteiger partial charge in [0.05, 0.1) is 44.9 Å². The molecule has 0 radical (unpaired) electrons. The van der Waals surface area contributed by atoms with Crippen LogP contribution in [0.2, 0.25) is 0 Å². The largest absolute Gasteiger partial charge is 0.496 e. The number of rotatable bonds is 10. The Balaban J connectivity index is 1.54. The number of quaternary nitrogens is 1. The van der Waals surface area contributed by atoms with Gasteiger partial charge in [-0.15, -0.1) is 5.10 Å². The second-order valence-electron chi connectivity index (χ2n) is 5.86. The third kappa shape index (κ3) is 4.73. The van der Waals surface area contributed by atoms with E-state index in [1.165, 1.54) is 0 Å². The second kappa shape index (κ2) is 9.95. The van der Waals surface area contributed by atoms with Crippen molar-refractivity contribution in [2.45, 2.75) is 11.7 Å². The molecule has 0 amide bonds. The molecule has 28 heavy (non-hydrogen) atoms. The van der Waals surface area contributed by atoms with Crippen molar-refractivity contribution in [3.05, 3.63) is 48.0 Å².